The fourth-order valence-corrected chi connectivity index (χ4v) is 1.91. The van der Waals surface area contributed by atoms with Crippen LogP contribution >= 0.6 is 0 Å². The minimum atomic E-state index is -0.176. The van der Waals surface area contributed by atoms with Crippen molar-refractivity contribution in [1.29, 1.82) is 0 Å². The van der Waals surface area contributed by atoms with E-state index in [1.165, 1.54) is 32.1 Å². The van der Waals surface area contributed by atoms with Gasteiger partial charge in [0, 0.05) is 0 Å². The molecule has 1 unspecified atom stereocenters. The van der Waals surface area contributed by atoms with Gasteiger partial charge in [0.25, 0.3) is 0 Å². The molecule has 70 valence electrons. The van der Waals surface area contributed by atoms with Gasteiger partial charge in [0.05, 0.1) is 6.10 Å². The Morgan fingerprint density at radius 3 is 2.58 bits per heavy atom. The lowest BCUT2D eigenvalue weighted by molar-refractivity contribution is 0.125. The molecule has 1 atom stereocenters. The molecule has 1 aliphatic rings. The average Bonchev–Trinajstić information content (AvgIpc) is 2.15. The smallest absolute Gasteiger partial charge is 0.0749 e. The first-order valence-corrected chi connectivity index (χ1v) is 5.19. The molecule has 1 N–H and O–H groups in total. The number of hydrogen-bond acceptors (Lipinski definition) is 1. The Bertz CT molecular complexity index is 134. The molecular formula is C11H20O. The zero-order valence-electron chi connectivity index (χ0n) is 8.00. The first-order chi connectivity index (χ1) is 5.84. The van der Waals surface area contributed by atoms with Gasteiger partial charge in [0.2, 0.25) is 0 Å². The molecule has 1 fully saturated rings. The molecule has 0 aromatic heterocycles. The van der Waals surface area contributed by atoms with Gasteiger partial charge < -0.3 is 5.11 Å². The number of hydrogen-bond donors (Lipinski definition) is 1. The van der Waals surface area contributed by atoms with Gasteiger partial charge in [0.15, 0.2) is 0 Å². The molecule has 0 radical (unpaired) electrons. The van der Waals surface area contributed by atoms with Crippen molar-refractivity contribution >= 4 is 0 Å². The van der Waals surface area contributed by atoms with Gasteiger partial charge in [0.1, 0.15) is 0 Å². The van der Waals surface area contributed by atoms with Crippen molar-refractivity contribution in [3.05, 3.63) is 12.2 Å². The molecule has 1 rings (SSSR count). The topological polar surface area (TPSA) is 20.2 Å². The van der Waals surface area contributed by atoms with Crippen LogP contribution in [-0.4, -0.2) is 11.2 Å². The van der Waals surface area contributed by atoms with Crippen molar-refractivity contribution in [2.45, 2.75) is 51.6 Å². The Kier molecular flexibility index (Phi) is 4.37. The first kappa shape index (κ1) is 9.79. The number of aliphatic hydroxyl groups excluding tert-OH is 1. The van der Waals surface area contributed by atoms with Crippen LogP contribution < -0.4 is 0 Å². The maximum Gasteiger partial charge on any atom is 0.0749 e. The Morgan fingerprint density at radius 2 is 2.00 bits per heavy atom. The van der Waals surface area contributed by atoms with Crippen LogP contribution in [-0.2, 0) is 0 Å². The van der Waals surface area contributed by atoms with E-state index in [0.29, 0.717) is 5.92 Å². The molecule has 12 heavy (non-hydrogen) atoms. The van der Waals surface area contributed by atoms with Crippen molar-refractivity contribution in [2.24, 2.45) is 5.92 Å². The Balaban J connectivity index is 2.29. The zero-order valence-corrected chi connectivity index (χ0v) is 8.00. The molecule has 0 saturated heterocycles. The van der Waals surface area contributed by atoms with Gasteiger partial charge in [-0.2, -0.15) is 0 Å². The van der Waals surface area contributed by atoms with Gasteiger partial charge in [-0.25, -0.2) is 0 Å². The summed E-state index contributed by atoms with van der Waals surface area (Å²) in [6.45, 7) is 2.10. The number of rotatable bonds is 3. The van der Waals surface area contributed by atoms with E-state index >= 15 is 0 Å². The number of allylic oxidation sites excluding steroid dienone is 1. The van der Waals surface area contributed by atoms with Gasteiger partial charge in [-0.05, 0) is 25.2 Å². The van der Waals surface area contributed by atoms with E-state index < -0.39 is 0 Å². The Hall–Kier alpha value is -0.300. The lowest BCUT2D eigenvalue weighted by atomic mass is 9.85. The van der Waals surface area contributed by atoms with Crippen molar-refractivity contribution in [1.82, 2.24) is 0 Å². The summed E-state index contributed by atoms with van der Waals surface area (Å²) < 4.78 is 0. The van der Waals surface area contributed by atoms with Gasteiger partial charge in [-0.1, -0.05) is 38.3 Å². The van der Waals surface area contributed by atoms with Crippen molar-refractivity contribution < 1.29 is 5.11 Å². The highest BCUT2D eigenvalue weighted by Gasteiger charge is 2.18. The second-order valence-corrected chi connectivity index (χ2v) is 3.73. The molecule has 1 nitrogen and oxygen atoms in total. The SMILES string of the molecule is CC/C=C/C(O)C1CCCCC1. The van der Waals surface area contributed by atoms with Crippen LogP contribution in [0.5, 0.6) is 0 Å². The highest BCUT2D eigenvalue weighted by atomic mass is 16.3. The van der Waals surface area contributed by atoms with Gasteiger partial charge in [-0.3, -0.25) is 0 Å². The van der Waals surface area contributed by atoms with Crippen LogP contribution in [0.25, 0.3) is 0 Å². The molecule has 1 heteroatoms. The molecule has 1 aliphatic carbocycles. The Morgan fingerprint density at radius 1 is 1.33 bits per heavy atom. The average molecular weight is 168 g/mol. The maximum atomic E-state index is 9.72. The largest absolute Gasteiger partial charge is 0.389 e. The van der Waals surface area contributed by atoms with Crippen LogP contribution in [0.4, 0.5) is 0 Å². The van der Waals surface area contributed by atoms with Crippen molar-refractivity contribution in [2.75, 3.05) is 0 Å². The fourth-order valence-electron chi connectivity index (χ4n) is 1.91. The summed E-state index contributed by atoms with van der Waals surface area (Å²) in [5.41, 5.74) is 0. The second-order valence-electron chi connectivity index (χ2n) is 3.73. The monoisotopic (exact) mass is 168 g/mol. The lowest BCUT2D eigenvalue weighted by Crippen LogP contribution is -2.20. The summed E-state index contributed by atoms with van der Waals surface area (Å²) in [5.74, 6) is 0.543. The summed E-state index contributed by atoms with van der Waals surface area (Å²) in [4.78, 5) is 0. The van der Waals surface area contributed by atoms with E-state index in [1.54, 1.807) is 0 Å². The molecular weight excluding hydrogens is 148 g/mol. The summed E-state index contributed by atoms with van der Waals surface area (Å²) in [5, 5.41) is 9.72. The fraction of sp³-hybridized carbons (Fsp3) is 0.818. The van der Waals surface area contributed by atoms with E-state index in [0.717, 1.165) is 6.42 Å². The lowest BCUT2D eigenvalue weighted by Gasteiger charge is -2.24. The summed E-state index contributed by atoms with van der Waals surface area (Å²) >= 11 is 0. The van der Waals surface area contributed by atoms with Crippen LogP contribution in [0.15, 0.2) is 12.2 Å². The van der Waals surface area contributed by atoms with E-state index in [2.05, 4.69) is 13.0 Å². The van der Waals surface area contributed by atoms with E-state index in [-0.39, 0.29) is 6.10 Å². The third-order valence-electron chi connectivity index (χ3n) is 2.70. The molecule has 0 aliphatic heterocycles. The normalized spacial score (nSPS) is 23.2. The molecule has 0 bridgehead atoms. The zero-order chi connectivity index (χ0) is 8.81. The van der Waals surface area contributed by atoms with Crippen LogP contribution in [0.3, 0.4) is 0 Å². The summed E-state index contributed by atoms with van der Waals surface area (Å²) in [6.07, 6.45) is 11.3. The molecule has 0 aromatic rings. The van der Waals surface area contributed by atoms with E-state index in [1.807, 2.05) is 6.08 Å². The quantitative estimate of drug-likeness (QED) is 0.642. The summed E-state index contributed by atoms with van der Waals surface area (Å²) in [7, 11) is 0. The summed E-state index contributed by atoms with van der Waals surface area (Å²) in [6, 6.07) is 0. The van der Waals surface area contributed by atoms with E-state index in [4.69, 9.17) is 0 Å². The third-order valence-corrected chi connectivity index (χ3v) is 2.70. The predicted molar refractivity (Wildman–Crippen MR) is 52.0 cm³/mol. The first-order valence-electron chi connectivity index (χ1n) is 5.19. The highest BCUT2D eigenvalue weighted by Crippen LogP contribution is 2.26. The third kappa shape index (κ3) is 2.98. The second kappa shape index (κ2) is 5.36. The van der Waals surface area contributed by atoms with Crippen LogP contribution in [0.1, 0.15) is 45.4 Å². The standard InChI is InChI=1S/C11H20O/c1-2-3-9-11(12)10-7-5-4-6-8-10/h3,9-12H,2,4-8H2,1H3/b9-3+. The number of aliphatic hydroxyl groups is 1. The molecule has 0 aromatic carbocycles. The Labute approximate surface area is 75.5 Å². The minimum absolute atomic E-state index is 0.176. The predicted octanol–water partition coefficient (Wildman–Crippen LogP) is 2.89. The van der Waals surface area contributed by atoms with Crippen LogP contribution in [0.2, 0.25) is 0 Å². The minimum Gasteiger partial charge on any atom is -0.389 e. The maximum absolute atomic E-state index is 9.72. The van der Waals surface area contributed by atoms with Crippen molar-refractivity contribution in [3.63, 3.8) is 0 Å². The molecule has 0 amide bonds. The van der Waals surface area contributed by atoms with Gasteiger partial charge in [-0.15, -0.1) is 0 Å². The van der Waals surface area contributed by atoms with Crippen molar-refractivity contribution in [3.8, 4) is 0 Å². The molecule has 0 heterocycles. The highest BCUT2D eigenvalue weighted by molar-refractivity contribution is 4.92. The van der Waals surface area contributed by atoms with Gasteiger partial charge >= 0.3 is 0 Å². The van der Waals surface area contributed by atoms with E-state index in [9.17, 15) is 5.11 Å². The van der Waals surface area contributed by atoms with Crippen LogP contribution in [0, 0.1) is 5.92 Å². The molecule has 1 saturated carbocycles. The molecule has 0 spiro atoms.